The Morgan fingerprint density at radius 3 is 2.75 bits per heavy atom. The van der Waals surface area contributed by atoms with Crippen LogP contribution in [0.5, 0.6) is 0 Å². The lowest BCUT2D eigenvalue weighted by molar-refractivity contribution is 0.113. The van der Waals surface area contributed by atoms with Gasteiger partial charge in [0.1, 0.15) is 0 Å². The SMILES string of the molecule is O[C@H]1CCCN(S)C1. The van der Waals surface area contributed by atoms with Crippen LogP contribution in [0.3, 0.4) is 0 Å². The Kier molecular flexibility index (Phi) is 2.16. The number of hydrogen-bond acceptors (Lipinski definition) is 3. The lowest BCUT2D eigenvalue weighted by Crippen LogP contribution is -2.31. The van der Waals surface area contributed by atoms with Gasteiger partial charge in [-0.1, -0.05) is 12.8 Å². The van der Waals surface area contributed by atoms with E-state index in [4.69, 9.17) is 5.11 Å². The fraction of sp³-hybridized carbons (Fsp3) is 1.00. The lowest BCUT2D eigenvalue weighted by atomic mass is 10.1. The summed E-state index contributed by atoms with van der Waals surface area (Å²) >= 11 is 4.09. The van der Waals surface area contributed by atoms with E-state index in [0.29, 0.717) is 0 Å². The van der Waals surface area contributed by atoms with E-state index in [1.54, 1.807) is 0 Å². The highest BCUT2D eigenvalue weighted by molar-refractivity contribution is 7.77. The third-order valence-electron chi connectivity index (χ3n) is 1.38. The monoisotopic (exact) mass is 133 g/mol. The first kappa shape index (κ1) is 6.39. The van der Waals surface area contributed by atoms with E-state index < -0.39 is 0 Å². The molecule has 0 aromatic heterocycles. The highest BCUT2D eigenvalue weighted by atomic mass is 32.1. The standard InChI is InChI=1S/C5H11NOS/c7-5-2-1-3-6(8)4-5/h5,7-8H,1-4H2/t5-/m0/s1. The molecule has 2 nitrogen and oxygen atoms in total. The maximum Gasteiger partial charge on any atom is 0.0676 e. The quantitative estimate of drug-likeness (QED) is 0.464. The number of thiol groups is 1. The molecule has 0 amide bonds. The third kappa shape index (κ3) is 1.65. The van der Waals surface area contributed by atoms with Gasteiger partial charge in [-0.25, -0.2) is 0 Å². The molecule has 0 bridgehead atoms. The summed E-state index contributed by atoms with van der Waals surface area (Å²) in [6.07, 6.45) is 1.88. The first-order valence-electron chi connectivity index (χ1n) is 2.91. The predicted molar refractivity (Wildman–Crippen MR) is 35.8 cm³/mol. The van der Waals surface area contributed by atoms with Crippen LogP contribution in [-0.2, 0) is 0 Å². The smallest absolute Gasteiger partial charge is 0.0676 e. The average molecular weight is 133 g/mol. The molecular formula is C5H11NOS. The second kappa shape index (κ2) is 2.71. The van der Waals surface area contributed by atoms with Gasteiger partial charge >= 0.3 is 0 Å². The van der Waals surface area contributed by atoms with Crippen LogP contribution in [0.2, 0.25) is 0 Å². The van der Waals surface area contributed by atoms with E-state index in [-0.39, 0.29) is 6.10 Å². The predicted octanol–water partition coefficient (Wildman–Crippen LogP) is 0.288. The number of piperidine rings is 1. The minimum Gasteiger partial charge on any atom is -0.392 e. The molecule has 0 spiro atoms. The number of hydrogen-bond donors (Lipinski definition) is 2. The molecule has 1 N–H and O–H groups in total. The molecule has 1 saturated heterocycles. The molecule has 0 unspecified atom stereocenters. The minimum absolute atomic E-state index is 0.138. The Morgan fingerprint density at radius 1 is 1.62 bits per heavy atom. The molecule has 0 aromatic carbocycles. The highest BCUT2D eigenvalue weighted by Crippen LogP contribution is 2.10. The zero-order valence-electron chi connectivity index (χ0n) is 4.75. The van der Waals surface area contributed by atoms with Crippen molar-refractivity contribution in [2.45, 2.75) is 18.9 Å². The molecule has 1 rings (SSSR count). The fourth-order valence-corrected chi connectivity index (χ4v) is 1.27. The zero-order valence-corrected chi connectivity index (χ0v) is 5.64. The minimum atomic E-state index is -0.138. The van der Waals surface area contributed by atoms with E-state index in [1.807, 2.05) is 4.31 Å². The summed E-state index contributed by atoms with van der Waals surface area (Å²) in [5, 5.41) is 8.99. The van der Waals surface area contributed by atoms with Crippen molar-refractivity contribution in [3.8, 4) is 0 Å². The van der Waals surface area contributed by atoms with Crippen LogP contribution in [0.15, 0.2) is 0 Å². The topological polar surface area (TPSA) is 23.5 Å². The molecular weight excluding hydrogens is 122 g/mol. The van der Waals surface area contributed by atoms with Gasteiger partial charge in [0, 0.05) is 13.1 Å². The molecule has 1 aliphatic rings. The largest absolute Gasteiger partial charge is 0.392 e. The highest BCUT2D eigenvalue weighted by Gasteiger charge is 2.13. The number of aliphatic hydroxyl groups excluding tert-OH is 1. The van der Waals surface area contributed by atoms with E-state index in [2.05, 4.69) is 12.8 Å². The molecule has 0 aliphatic carbocycles. The van der Waals surface area contributed by atoms with Crippen molar-refractivity contribution in [3.63, 3.8) is 0 Å². The Labute approximate surface area is 55.0 Å². The van der Waals surface area contributed by atoms with Gasteiger partial charge in [-0.15, -0.1) is 0 Å². The maximum atomic E-state index is 8.99. The second-order valence-corrected chi connectivity index (χ2v) is 2.77. The summed E-state index contributed by atoms with van der Waals surface area (Å²) in [6.45, 7) is 1.74. The van der Waals surface area contributed by atoms with Gasteiger partial charge in [-0.05, 0) is 12.8 Å². The molecule has 3 heteroatoms. The lowest BCUT2D eigenvalue weighted by Gasteiger charge is -2.24. The van der Waals surface area contributed by atoms with Crippen molar-refractivity contribution in [2.24, 2.45) is 0 Å². The Balaban J connectivity index is 2.23. The Bertz CT molecular complexity index is 70.8. The van der Waals surface area contributed by atoms with E-state index in [0.717, 1.165) is 25.9 Å². The van der Waals surface area contributed by atoms with Crippen molar-refractivity contribution >= 4 is 12.8 Å². The summed E-state index contributed by atoms with van der Waals surface area (Å²) in [5.74, 6) is 0. The van der Waals surface area contributed by atoms with Crippen molar-refractivity contribution in [3.05, 3.63) is 0 Å². The van der Waals surface area contributed by atoms with E-state index in [9.17, 15) is 0 Å². The number of β-amino-alcohol motifs (C(OH)–C–C–N with tert-alkyl or cyclic N) is 1. The molecule has 0 radical (unpaired) electrons. The fourth-order valence-electron chi connectivity index (χ4n) is 0.935. The summed E-state index contributed by atoms with van der Waals surface area (Å²) in [7, 11) is 0. The molecule has 8 heavy (non-hydrogen) atoms. The maximum absolute atomic E-state index is 8.99. The van der Waals surface area contributed by atoms with Gasteiger partial charge in [0.25, 0.3) is 0 Å². The molecule has 1 aliphatic heterocycles. The summed E-state index contributed by atoms with van der Waals surface area (Å²) in [4.78, 5) is 0. The van der Waals surface area contributed by atoms with Gasteiger partial charge < -0.3 is 5.11 Å². The molecule has 0 aromatic rings. The first-order valence-corrected chi connectivity index (χ1v) is 3.31. The number of nitrogens with zero attached hydrogens (tertiary/aromatic N) is 1. The van der Waals surface area contributed by atoms with Crippen LogP contribution >= 0.6 is 12.8 Å². The second-order valence-electron chi connectivity index (χ2n) is 2.21. The van der Waals surface area contributed by atoms with Crippen molar-refractivity contribution in [1.29, 1.82) is 0 Å². The molecule has 1 atom stereocenters. The normalized spacial score (nSPS) is 33.0. The zero-order chi connectivity index (χ0) is 5.98. The molecule has 48 valence electrons. The Hall–Kier alpha value is 0.270. The van der Waals surface area contributed by atoms with Crippen molar-refractivity contribution in [2.75, 3.05) is 13.1 Å². The van der Waals surface area contributed by atoms with Gasteiger partial charge in [0.15, 0.2) is 0 Å². The van der Waals surface area contributed by atoms with E-state index >= 15 is 0 Å². The van der Waals surface area contributed by atoms with Crippen LogP contribution in [0.4, 0.5) is 0 Å². The Morgan fingerprint density at radius 2 is 2.38 bits per heavy atom. The number of rotatable bonds is 0. The van der Waals surface area contributed by atoms with Crippen LogP contribution < -0.4 is 0 Å². The van der Waals surface area contributed by atoms with Gasteiger partial charge in [0.2, 0.25) is 0 Å². The van der Waals surface area contributed by atoms with Gasteiger partial charge in [-0.3, -0.25) is 4.31 Å². The van der Waals surface area contributed by atoms with Gasteiger partial charge in [-0.2, -0.15) is 0 Å². The third-order valence-corrected chi connectivity index (χ3v) is 1.74. The van der Waals surface area contributed by atoms with Crippen LogP contribution in [-0.4, -0.2) is 28.6 Å². The summed E-state index contributed by atoms with van der Waals surface area (Å²) in [6, 6.07) is 0. The average Bonchev–Trinajstić information content (AvgIpc) is 1.64. The van der Waals surface area contributed by atoms with Crippen LogP contribution in [0, 0.1) is 0 Å². The summed E-state index contributed by atoms with van der Waals surface area (Å²) in [5.41, 5.74) is 0. The first-order chi connectivity index (χ1) is 3.79. The van der Waals surface area contributed by atoms with E-state index in [1.165, 1.54) is 0 Å². The van der Waals surface area contributed by atoms with Crippen molar-refractivity contribution in [1.82, 2.24) is 4.31 Å². The van der Waals surface area contributed by atoms with Crippen molar-refractivity contribution < 1.29 is 5.11 Å². The molecule has 0 saturated carbocycles. The summed E-state index contributed by atoms with van der Waals surface area (Å²) < 4.78 is 1.86. The number of aliphatic hydroxyl groups is 1. The van der Waals surface area contributed by atoms with Crippen LogP contribution in [0.1, 0.15) is 12.8 Å². The van der Waals surface area contributed by atoms with Gasteiger partial charge in [0.05, 0.1) is 6.10 Å². The molecule has 1 heterocycles. The van der Waals surface area contributed by atoms with Crippen LogP contribution in [0.25, 0.3) is 0 Å². The molecule has 1 fully saturated rings.